The van der Waals surface area contributed by atoms with Crippen molar-refractivity contribution >= 4 is 21.4 Å². The van der Waals surface area contributed by atoms with Crippen LogP contribution in [0, 0.1) is 0 Å². The van der Waals surface area contributed by atoms with E-state index in [9.17, 15) is 8.42 Å². The lowest BCUT2D eigenvalue weighted by Crippen LogP contribution is -2.19. The van der Waals surface area contributed by atoms with Crippen LogP contribution in [0.3, 0.4) is 0 Å². The molecule has 0 amide bonds. The predicted octanol–water partition coefficient (Wildman–Crippen LogP) is 1.04. The van der Waals surface area contributed by atoms with Gasteiger partial charge in [0.2, 0.25) is 10.0 Å². The van der Waals surface area contributed by atoms with Crippen molar-refractivity contribution in [3.63, 3.8) is 0 Å². The smallest absolute Gasteiger partial charge is 0.234 e. The van der Waals surface area contributed by atoms with Gasteiger partial charge >= 0.3 is 0 Å². The van der Waals surface area contributed by atoms with Crippen LogP contribution in [-0.4, -0.2) is 34.4 Å². The molecule has 1 aromatic rings. The molecule has 0 aliphatic carbocycles. The van der Waals surface area contributed by atoms with E-state index in [4.69, 9.17) is 4.74 Å². The zero-order chi connectivity index (χ0) is 12.3. The van der Waals surface area contributed by atoms with Crippen molar-refractivity contribution in [1.29, 1.82) is 0 Å². The SMILES string of the molecule is COCCS(=O)(=O)Nc1ccc2c(c1)CCN2. The first-order valence-corrected chi connectivity index (χ1v) is 7.12. The van der Waals surface area contributed by atoms with Crippen LogP contribution in [0.15, 0.2) is 18.2 Å². The van der Waals surface area contributed by atoms with Gasteiger partial charge in [0.1, 0.15) is 0 Å². The summed E-state index contributed by atoms with van der Waals surface area (Å²) in [6.07, 6.45) is 0.934. The van der Waals surface area contributed by atoms with Crippen molar-refractivity contribution in [2.75, 3.05) is 36.1 Å². The number of hydrogen-bond acceptors (Lipinski definition) is 4. The molecule has 0 saturated heterocycles. The van der Waals surface area contributed by atoms with Gasteiger partial charge in [-0.3, -0.25) is 4.72 Å². The van der Waals surface area contributed by atoms with Crippen LogP contribution >= 0.6 is 0 Å². The van der Waals surface area contributed by atoms with Crippen LogP contribution in [0.25, 0.3) is 0 Å². The Morgan fingerprint density at radius 2 is 2.29 bits per heavy atom. The monoisotopic (exact) mass is 256 g/mol. The van der Waals surface area contributed by atoms with Gasteiger partial charge in [0.25, 0.3) is 0 Å². The molecule has 2 N–H and O–H groups in total. The molecule has 0 atom stereocenters. The molecular weight excluding hydrogens is 240 g/mol. The van der Waals surface area contributed by atoms with Gasteiger partial charge in [-0.25, -0.2) is 8.42 Å². The maximum absolute atomic E-state index is 11.7. The molecule has 0 radical (unpaired) electrons. The van der Waals surface area contributed by atoms with Crippen molar-refractivity contribution in [2.45, 2.75) is 6.42 Å². The Morgan fingerprint density at radius 1 is 1.47 bits per heavy atom. The first-order chi connectivity index (χ1) is 8.11. The van der Waals surface area contributed by atoms with Crippen molar-refractivity contribution in [1.82, 2.24) is 0 Å². The van der Waals surface area contributed by atoms with E-state index in [1.165, 1.54) is 7.11 Å². The second-order valence-electron chi connectivity index (χ2n) is 3.96. The maximum atomic E-state index is 11.7. The van der Waals surface area contributed by atoms with E-state index in [0.29, 0.717) is 5.69 Å². The summed E-state index contributed by atoms with van der Waals surface area (Å²) in [5.74, 6) is -0.0289. The summed E-state index contributed by atoms with van der Waals surface area (Å²) >= 11 is 0. The lowest BCUT2D eigenvalue weighted by atomic mass is 10.1. The van der Waals surface area contributed by atoms with Gasteiger partial charge in [-0.15, -0.1) is 0 Å². The summed E-state index contributed by atoms with van der Waals surface area (Å²) in [6, 6.07) is 5.54. The Bertz CT molecular complexity index is 499. The van der Waals surface area contributed by atoms with Gasteiger partial charge in [-0.2, -0.15) is 0 Å². The molecule has 0 unspecified atom stereocenters. The zero-order valence-electron chi connectivity index (χ0n) is 9.69. The van der Waals surface area contributed by atoms with E-state index in [0.717, 1.165) is 24.2 Å². The Labute approximate surface area is 101 Å². The highest BCUT2D eigenvalue weighted by atomic mass is 32.2. The lowest BCUT2D eigenvalue weighted by Gasteiger charge is -2.09. The largest absolute Gasteiger partial charge is 0.384 e. The summed E-state index contributed by atoms with van der Waals surface area (Å²) < 4.78 is 30.6. The summed E-state index contributed by atoms with van der Waals surface area (Å²) in [5.41, 5.74) is 2.85. The minimum atomic E-state index is -3.31. The highest BCUT2D eigenvalue weighted by Crippen LogP contribution is 2.25. The van der Waals surface area contributed by atoms with Crippen LogP contribution in [0.4, 0.5) is 11.4 Å². The summed E-state index contributed by atoms with van der Waals surface area (Å²) in [7, 11) is -1.83. The standard InChI is InChI=1S/C11H16N2O3S/c1-16-6-7-17(14,15)13-10-2-3-11-9(8-10)4-5-12-11/h2-3,8,12-13H,4-7H2,1H3. The number of rotatable bonds is 5. The van der Waals surface area contributed by atoms with Crippen LogP contribution in [0.5, 0.6) is 0 Å². The third-order valence-electron chi connectivity index (χ3n) is 2.64. The van der Waals surface area contributed by atoms with Crippen molar-refractivity contribution < 1.29 is 13.2 Å². The number of benzene rings is 1. The van der Waals surface area contributed by atoms with Crippen LogP contribution in [0.1, 0.15) is 5.56 Å². The molecule has 0 bridgehead atoms. The quantitative estimate of drug-likeness (QED) is 0.826. The summed E-state index contributed by atoms with van der Waals surface area (Å²) in [5, 5.41) is 3.23. The molecule has 2 rings (SSSR count). The molecule has 1 aliphatic rings. The molecule has 6 heteroatoms. The van der Waals surface area contributed by atoms with Crippen molar-refractivity contribution in [3.8, 4) is 0 Å². The fourth-order valence-corrected chi connectivity index (χ4v) is 2.77. The number of sulfonamides is 1. The summed E-state index contributed by atoms with van der Waals surface area (Å²) in [4.78, 5) is 0. The van der Waals surface area contributed by atoms with E-state index in [2.05, 4.69) is 10.0 Å². The average Bonchev–Trinajstić information content (AvgIpc) is 2.73. The second-order valence-corrected chi connectivity index (χ2v) is 5.80. The van der Waals surface area contributed by atoms with E-state index in [1.54, 1.807) is 6.07 Å². The van der Waals surface area contributed by atoms with Crippen LogP contribution in [0.2, 0.25) is 0 Å². The molecule has 5 nitrogen and oxygen atoms in total. The number of fused-ring (bicyclic) bond motifs is 1. The van der Waals surface area contributed by atoms with Gasteiger partial charge in [-0.1, -0.05) is 0 Å². The van der Waals surface area contributed by atoms with E-state index < -0.39 is 10.0 Å². The Kier molecular flexibility index (Phi) is 3.54. The van der Waals surface area contributed by atoms with Crippen LogP contribution < -0.4 is 10.0 Å². The van der Waals surface area contributed by atoms with Gasteiger partial charge in [-0.05, 0) is 30.2 Å². The van der Waals surface area contributed by atoms with Gasteiger partial charge in [0.05, 0.1) is 12.4 Å². The molecule has 0 aromatic heterocycles. The maximum Gasteiger partial charge on any atom is 0.234 e. The minimum Gasteiger partial charge on any atom is -0.384 e. The molecular formula is C11H16N2O3S. The first-order valence-electron chi connectivity index (χ1n) is 5.47. The number of ether oxygens (including phenoxy) is 1. The molecule has 0 fully saturated rings. The van der Waals surface area contributed by atoms with Gasteiger partial charge in [0, 0.05) is 25.0 Å². The van der Waals surface area contributed by atoms with Crippen LogP contribution in [-0.2, 0) is 21.2 Å². The second kappa shape index (κ2) is 4.93. The number of hydrogen-bond donors (Lipinski definition) is 2. The summed E-state index contributed by atoms with van der Waals surface area (Å²) in [6.45, 7) is 1.11. The van der Waals surface area contributed by atoms with Crippen molar-refractivity contribution in [2.24, 2.45) is 0 Å². The molecule has 1 heterocycles. The zero-order valence-corrected chi connectivity index (χ0v) is 10.5. The number of methoxy groups -OCH3 is 1. The van der Waals surface area contributed by atoms with Crippen molar-refractivity contribution in [3.05, 3.63) is 23.8 Å². The Morgan fingerprint density at radius 3 is 3.06 bits per heavy atom. The normalized spacial score (nSPS) is 14.2. The topological polar surface area (TPSA) is 67.4 Å². The number of nitrogens with one attached hydrogen (secondary N) is 2. The number of anilines is 2. The molecule has 17 heavy (non-hydrogen) atoms. The Balaban J connectivity index is 2.09. The van der Waals surface area contributed by atoms with Gasteiger partial charge < -0.3 is 10.1 Å². The highest BCUT2D eigenvalue weighted by Gasteiger charge is 2.13. The fourth-order valence-electron chi connectivity index (χ4n) is 1.79. The third-order valence-corrected chi connectivity index (χ3v) is 3.90. The lowest BCUT2D eigenvalue weighted by molar-refractivity contribution is 0.217. The van der Waals surface area contributed by atoms with Gasteiger partial charge in [0.15, 0.2) is 0 Å². The van der Waals surface area contributed by atoms with E-state index >= 15 is 0 Å². The minimum absolute atomic E-state index is 0.0289. The Hall–Kier alpha value is -1.27. The average molecular weight is 256 g/mol. The molecule has 1 aromatic carbocycles. The van der Waals surface area contributed by atoms with E-state index in [1.807, 2.05) is 12.1 Å². The molecule has 0 saturated carbocycles. The first kappa shape index (κ1) is 12.2. The molecule has 0 spiro atoms. The molecule has 94 valence electrons. The third kappa shape index (κ3) is 3.10. The highest BCUT2D eigenvalue weighted by molar-refractivity contribution is 7.92. The molecule has 1 aliphatic heterocycles. The fraction of sp³-hybridized carbons (Fsp3) is 0.455. The predicted molar refractivity (Wildman–Crippen MR) is 67.9 cm³/mol. The van der Waals surface area contributed by atoms with E-state index in [-0.39, 0.29) is 12.4 Å².